The van der Waals surface area contributed by atoms with Crippen LogP contribution in [0.1, 0.15) is 11.3 Å². The molecule has 0 saturated carbocycles. The summed E-state index contributed by atoms with van der Waals surface area (Å²) in [6.07, 6.45) is 0. The Morgan fingerprint density at radius 3 is 2.52 bits per heavy atom. The summed E-state index contributed by atoms with van der Waals surface area (Å²) in [6, 6.07) is 12.4. The molecule has 0 aliphatic carbocycles. The summed E-state index contributed by atoms with van der Waals surface area (Å²) in [5.74, 6) is 1.18. The van der Waals surface area contributed by atoms with Crippen LogP contribution in [0, 0.1) is 13.8 Å². The molecule has 0 spiro atoms. The molecule has 23 heavy (non-hydrogen) atoms. The lowest BCUT2D eigenvalue weighted by Crippen LogP contribution is -2.44. The molecule has 4 rings (SSSR count). The average Bonchev–Trinajstić information content (AvgIpc) is 3.01. The van der Waals surface area contributed by atoms with Crippen molar-refractivity contribution in [3.63, 3.8) is 0 Å². The third kappa shape index (κ3) is 2.47. The van der Waals surface area contributed by atoms with E-state index in [2.05, 4.69) is 42.3 Å². The zero-order chi connectivity index (χ0) is 15.8. The van der Waals surface area contributed by atoms with Crippen LogP contribution >= 0.6 is 0 Å². The molecule has 1 N–H and O–H groups in total. The Bertz CT molecular complexity index is 831. The van der Waals surface area contributed by atoms with Crippen molar-refractivity contribution in [1.29, 1.82) is 0 Å². The highest BCUT2D eigenvalue weighted by molar-refractivity contribution is 5.67. The molecule has 1 aliphatic heterocycles. The lowest BCUT2D eigenvalue weighted by molar-refractivity contribution is 0.578. The fourth-order valence-corrected chi connectivity index (χ4v) is 3.18. The fraction of sp³-hybridized carbons (Fsp3) is 0.333. The number of hydrogen-bond acceptors (Lipinski definition) is 4. The van der Waals surface area contributed by atoms with E-state index in [9.17, 15) is 0 Å². The van der Waals surface area contributed by atoms with Gasteiger partial charge in [-0.25, -0.2) is 4.98 Å². The van der Waals surface area contributed by atoms with Crippen molar-refractivity contribution in [2.24, 2.45) is 0 Å². The van der Waals surface area contributed by atoms with Crippen LogP contribution in [0.25, 0.3) is 16.9 Å². The van der Waals surface area contributed by atoms with Gasteiger partial charge in [-0.2, -0.15) is 9.61 Å². The fourth-order valence-electron chi connectivity index (χ4n) is 3.18. The third-order valence-corrected chi connectivity index (χ3v) is 4.54. The second-order valence-corrected chi connectivity index (χ2v) is 6.05. The quantitative estimate of drug-likeness (QED) is 0.790. The van der Waals surface area contributed by atoms with Gasteiger partial charge >= 0.3 is 0 Å². The third-order valence-electron chi connectivity index (χ3n) is 4.54. The largest absolute Gasteiger partial charge is 0.354 e. The molecular formula is C18H21N5. The topological polar surface area (TPSA) is 45.5 Å². The SMILES string of the molecule is Cc1nc2cc(-c3ccccc3)nn2c(N2CCNCC2)c1C. The predicted molar refractivity (Wildman–Crippen MR) is 93.0 cm³/mol. The van der Waals surface area contributed by atoms with Crippen LogP contribution in [0.15, 0.2) is 36.4 Å². The van der Waals surface area contributed by atoms with E-state index in [1.807, 2.05) is 22.7 Å². The molecule has 3 heterocycles. The number of fused-ring (bicyclic) bond motifs is 1. The van der Waals surface area contributed by atoms with Crippen molar-refractivity contribution in [3.05, 3.63) is 47.7 Å². The van der Waals surface area contributed by atoms with Crippen LogP contribution in [0.5, 0.6) is 0 Å². The first-order valence-corrected chi connectivity index (χ1v) is 8.12. The maximum Gasteiger partial charge on any atom is 0.158 e. The zero-order valence-electron chi connectivity index (χ0n) is 13.6. The van der Waals surface area contributed by atoms with Crippen LogP contribution in [0.3, 0.4) is 0 Å². The van der Waals surface area contributed by atoms with Gasteiger partial charge < -0.3 is 10.2 Å². The van der Waals surface area contributed by atoms with Crippen LogP contribution < -0.4 is 10.2 Å². The minimum Gasteiger partial charge on any atom is -0.354 e. The lowest BCUT2D eigenvalue weighted by Gasteiger charge is -2.31. The molecule has 1 aromatic carbocycles. The molecule has 0 radical (unpaired) electrons. The summed E-state index contributed by atoms with van der Waals surface area (Å²) < 4.78 is 2.01. The van der Waals surface area contributed by atoms with Gasteiger partial charge in [0.2, 0.25) is 0 Å². The molecule has 118 valence electrons. The molecule has 3 aromatic rings. The summed E-state index contributed by atoms with van der Waals surface area (Å²) in [7, 11) is 0. The monoisotopic (exact) mass is 307 g/mol. The van der Waals surface area contributed by atoms with Crippen LogP contribution in [0.4, 0.5) is 5.82 Å². The molecule has 5 heteroatoms. The van der Waals surface area contributed by atoms with Gasteiger partial charge in [0.1, 0.15) is 5.82 Å². The number of anilines is 1. The van der Waals surface area contributed by atoms with Crippen molar-refractivity contribution < 1.29 is 0 Å². The zero-order valence-corrected chi connectivity index (χ0v) is 13.6. The summed E-state index contributed by atoms with van der Waals surface area (Å²) in [5.41, 5.74) is 5.30. The van der Waals surface area contributed by atoms with Crippen molar-refractivity contribution in [3.8, 4) is 11.3 Å². The van der Waals surface area contributed by atoms with E-state index in [0.717, 1.165) is 48.8 Å². The number of benzene rings is 1. The van der Waals surface area contributed by atoms with Crippen molar-refractivity contribution in [2.45, 2.75) is 13.8 Å². The molecular weight excluding hydrogens is 286 g/mol. The highest BCUT2D eigenvalue weighted by Gasteiger charge is 2.20. The standard InChI is InChI=1S/C18H21N5/c1-13-14(2)20-17-12-16(15-6-4-3-5-7-15)21-23(17)18(13)22-10-8-19-9-11-22/h3-7,12,19H,8-11H2,1-2H3. The van der Waals surface area contributed by atoms with E-state index in [1.165, 1.54) is 11.4 Å². The van der Waals surface area contributed by atoms with Crippen molar-refractivity contribution in [2.75, 3.05) is 31.1 Å². The van der Waals surface area contributed by atoms with Crippen LogP contribution in [-0.2, 0) is 0 Å². The Morgan fingerprint density at radius 2 is 1.78 bits per heavy atom. The molecule has 1 fully saturated rings. The first kappa shape index (κ1) is 14.2. The predicted octanol–water partition coefficient (Wildman–Crippen LogP) is 2.42. The molecule has 1 aliphatic rings. The van der Waals surface area contributed by atoms with Crippen LogP contribution in [-0.4, -0.2) is 40.8 Å². The van der Waals surface area contributed by atoms with Gasteiger partial charge in [0.05, 0.1) is 5.69 Å². The first-order chi connectivity index (χ1) is 11.2. The lowest BCUT2D eigenvalue weighted by atomic mass is 10.1. The Balaban J connectivity index is 1.90. The number of nitrogens with one attached hydrogen (secondary N) is 1. The van der Waals surface area contributed by atoms with E-state index in [4.69, 9.17) is 10.1 Å². The number of piperazine rings is 1. The minimum atomic E-state index is 0.917. The second kappa shape index (κ2) is 5.66. The Hall–Kier alpha value is -2.40. The summed E-state index contributed by atoms with van der Waals surface area (Å²) in [6.45, 7) is 8.24. The van der Waals surface area contributed by atoms with Gasteiger partial charge in [-0.05, 0) is 13.8 Å². The Kier molecular flexibility index (Phi) is 3.50. The number of aromatic nitrogens is 3. The van der Waals surface area contributed by atoms with Gasteiger partial charge in [-0.3, -0.25) is 0 Å². The highest BCUT2D eigenvalue weighted by Crippen LogP contribution is 2.27. The summed E-state index contributed by atoms with van der Waals surface area (Å²) >= 11 is 0. The van der Waals surface area contributed by atoms with E-state index >= 15 is 0 Å². The molecule has 0 bridgehead atoms. The number of nitrogens with zero attached hydrogens (tertiary/aromatic N) is 4. The minimum absolute atomic E-state index is 0.917. The van der Waals surface area contributed by atoms with E-state index in [0.29, 0.717) is 0 Å². The van der Waals surface area contributed by atoms with E-state index in [-0.39, 0.29) is 0 Å². The average molecular weight is 307 g/mol. The molecule has 2 aromatic heterocycles. The van der Waals surface area contributed by atoms with Gasteiger partial charge in [-0.1, -0.05) is 30.3 Å². The molecule has 0 atom stereocenters. The van der Waals surface area contributed by atoms with Crippen LogP contribution in [0.2, 0.25) is 0 Å². The van der Waals surface area contributed by atoms with E-state index in [1.54, 1.807) is 0 Å². The molecule has 0 amide bonds. The van der Waals surface area contributed by atoms with E-state index < -0.39 is 0 Å². The maximum absolute atomic E-state index is 4.85. The van der Waals surface area contributed by atoms with Gasteiger partial charge in [-0.15, -0.1) is 0 Å². The van der Waals surface area contributed by atoms with Gasteiger partial charge in [0, 0.05) is 49.1 Å². The van der Waals surface area contributed by atoms with Gasteiger partial charge in [0.25, 0.3) is 0 Å². The number of hydrogen-bond donors (Lipinski definition) is 1. The Morgan fingerprint density at radius 1 is 1.04 bits per heavy atom. The number of rotatable bonds is 2. The number of aryl methyl sites for hydroxylation is 1. The first-order valence-electron chi connectivity index (χ1n) is 8.12. The highest BCUT2D eigenvalue weighted by atomic mass is 15.4. The summed E-state index contributed by atoms with van der Waals surface area (Å²) in [4.78, 5) is 7.15. The van der Waals surface area contributed by atoms with Gasteiger partial charge in [0.15, 0.2) is 5.65 Å². The Labute approximate surface area is 136 Å². The molecule has 5 nitrogen and oxygen atoms in total. The summed E-state index contributed by atoms with van der Waals surface area (Å²) in [5, 5.41) is 8.26. The maximum atomic E-state index is 4.85. The smallest absolute Gasteiger partial charge is 0.158 e. The molecule has 0 unspecified atom stereocenters. The molecule has 1 saturated heterocycles. The second-order valence-electron chi connectivity index (χ2n) is 6.05. The van der Waals surface area contributed by atoms with Crippen molar-refractivity contribution >= 4 is 11.5 Å². The normalized spacial score (nSPS) is 15.3. The van der Waals surface area contributed by atoms with Crippen molar-refractivity contribution in [1.82, 2.24) is 19.9 Å².